The van der Waals surface area contributed by atoms with Gasteiger partial charge in [-0.3, -0.25) is 14.3 Å². The van der Waals surface area contributed by atoms with E-state index in [0.29, 0.717) is 6.54 Å². The largest absolute Gasteiger partial charge is 0.497 e. The summed E-state index contributed by atoms with van der Waals surface area (Å²) in [6.45, 7) is 9.79. The van der Waals surface area contributed by atoms with Gasteiger partial charge in [-0.15, -0.1) is 0 Å². The van der Waals surface area contributed by atoms with Crippen LogP contribution in [0.5, 0.6) is 5.75 Å². The third-order valence-corrected chi connectivity index (χ3v) is 4.49. The highest BCUT2D eigenvalue weighted by molar-refractivity contribution is 5.78. The fraction of sp³-hybridized carbons (Fsp3) is 0.500. The number of benzene rings is 1. The Morgan fingerprint density at radius 1 is 1.22 bits per heavy atom. The van der Waals surface area contributed by atoms with Crippen LogP contribution in [-0.2, 0) is 4.79 Å². The molecule has 27 heavy (non-hydrogen) atoms. The van der Waals surface area contributed by atoms with Crippen molar-refractivity contribution in [3.8, 4) is 11.4 Å². The number of hydrogen-bond donors (Lipinski definition) is 1. The second-order valence-corrected chi connectivity index (χ2v) is 7.86. The van der Waals surface area contributed by atoms with E-state index in [1.807, 2.05) is 57.4 Å². The minimum atomic E-state index is -0.194. The van der Waals surface area contributed by atoms with Gasteiger partial charge in [-0.2, -0.15) is 0 Å². The van der Waals surface area contributed by atoms with Crippen molar-refractivity contribution in [3.05, 3.63) is 36.7 Å². The number of anilines is 1. The number of nitrogens with zero attached hydrogens (tertiary/aromatic N) is 4. The molecule has 1 aliphatic rings. The summed E-state index contributed by atoms with van der Waals surface area (Å²) in [7, 11) is 1.67. The molecule has 0 radical (unpaired) electrons. The van der Waals surface area contributed by atoms with Gasteiger partial charge in [-0.25, -0.2) is 4.98 Å². The number of piperazine rings is 1. The summed E-state index contributed by atoms with van der Waals surface area (Å²) in [5, 5.41) is 3.02. The maximum atomic E-state index is 12.1. The molecule has 2 heterocycles. The molecule has 1 amide bonds. The zero-order valence-electron chi connectivity index (χ0n) is 16.6. The molecule has 0 atom stereocenters. The molecule has 3 rings (SSSR count). The monoisotopic (exact) mass is 371 g/mol. The topological polar surface area (TPSA) is 62.6 Å². The number of methoxy groups -OCH3 is 1. The maximum Gasteiger partial charge on any atom is 0.234 e. The lowest BCUT2D eigenvalue weighted by molar-refractivity contribution is -0.123. The number of nitrogens with one attached hydrogen (secondary N) is 1. The number of carbonyl (C=O) groups is 1. The number of imidazole rings is 1. The molecule has 2 aromatic rings. The van der Waals surface area contributed by atoms with Crippen LogP contribution in [0, 0.1) is 0 Å². The highest BCUT2D eigenvalue weighted by Crippen LogP contribution is 2.22. The van der Waals surface area contributed by atoms with Crippen molar-refractivity contribution >= 4 is 11.9 Å². The highest BCUT2D eigenvalue weighted by Gasteiger charge is 2.23. The second kappa shape index (κ2) is 8.00. The van der Waals surface area contributed by atoms with E-state index < -0.39 is 0 Å². The van der Waals surface area contributed by atoms with Crippen molar-refractivity contribution < 1.29 is 9.53 Å². The fourth-order valence-electron chi connectivity index (χ4n) is 3.26. The summed E-state index contributed by atoms with van der Waals surface area (Å²) in [4.78, 5) is 21.2. The Balaban J connectivity index is 1.62. The zero-order valence-corrected chi connectivity index (χ0v) is 16.6. The van der Waals surface area contributed by atoms with Crippen molar-refractivity contribution in [1.29, 1.82) is 0 Å². The molecular formula is C20H29N5O2. The number of ether oxygens (including phenoxy) is 1. The molecule has 1 aromatic carbocycles. The van der Waals surface area contributed by atoms with Crippen LogP contribution in [0.15, 0.2) is 36.7 Å². The van der Waals surface area contributed by atoms with Gasteiger partial charge in [0.1, 0.15) is 5.75 Å². The molecule has 1 aromatic heterocycles. The normalized spacial score (nSPS) is 15.6. The summed E-state index contributed by atoms with van der Waals surface area (Å²) in [5.41, 5.74) is 0.828. The third-order valence-electron chi connectivity index (χ3n) is 4.49. The van der Waals surface area contributed by atoms with E-state index in [0.717, 1.165) is 43.6 Å². The predicted molar refractivity (Wildman–Crippen MR) is 107 cm³/mol. The number of aromatic nitrogens is 2. The van der Waals surface area contributed by atoms with Crippen molar-refractivity contribution in [2.24, 2.45) is 0 Å². The Bertz CT molecular complexity index is 773. The van der Waals surface area contributed by atoms with E-state index in [2.05, 4.69) is 24.7 Å². The number of carbonyl (C=O) groups excluding carboxylic acids is 1. The molecule has 0 saturated carbocycles. The molecular weight excluding hydrogens is 342 g/mol. The predicted octanol–water partition coefficient (Wildman–Crippen LogP) is 1.92. The van der Waals surface area contributed by atoms with Gasteiger partial charge in [0.05, 0.1) is 19.3 Å². The van der Waals surface area contributed by atoms with Crippen LogP contribution in [0.25, 0.3) is 5.69 Å². The van der Waals surface area contributed by atoms with Gasteiger partial charge in [-0.05, 0) is 32.9 Å². The Labute approximate surface area is 160 Å². The standard InChI is InChI=1S/C20H29N5O2/c1-20(2,3)22-18(26)15-23-10-12-24(13-11-23)19-21-8-9-25(19)16-6-5-7-17(14-16)27-4/h5-9,14H,10-13,15H2,1-4H3,(H,22,26). The first-order chi connectivity index (χ1) is 12.9. The molecule has 0 aliphatic carbocycles. The lowest BCUT2D eigenvalue weighted by atomic mass is 10.1. The van der Waals surface area contributed by atoms with E-state index >= 15 is 0 Å². The lowest BCUT2D eigenvalue weighted by Gasteiger charge is -2.35. The minimum Gasteiger partial charge on any atom is -0.497 e. The van der Waals surface area contributed by atoms with E-state index in [4.69, 9.17) is 4.74 Å². The maximum absolute atomic E-state index is 12.1. The van der Waals surface area contributed by atoms with Gasteiger partial charge in [0.2, 0.25) is 11.9 Å². The first-order valence-corrected chi connectivity index (χ1v) is 9.32. The molecule has 1 N–H and O–H groups in total. The van der Waals surface area contributed by atoms with Gasteiger partial charge in [0.15, 0.2) is 0 Å². The van der Waals surface area contributed by atoms with Gasteiger partial charge in [0.25, 0.3) is 0 Å². The van der Waals surface area contributed by atoms with E-state index in [1.165, 1.54) is 0 Å². The first-order valence-electron chi connectivity index (χ1n) is 9.32. The summed E-state index contributed by atoms with van der Waals surface area (Å²) in [6, 6.07) is 7.95. The molecule has 7 heteroatoms. The summed E-state index contributed by atoms with van der Waals surface area (Å²) >= 11 is 0. The average Bonchev–Trinajstić information content (AvgIpc) is 3.10. The van der Waals surface area contributed by atoms with Crippen molar-refractivity contribution in [2.75, 3.05) is 44.7 Å². The quantitative estimate of drug-likeness (QED) is 0.870. The average molecular weight is 371 g/mol. The van der Waals surface area contributed by atoms with Crippen LogP contribution in [0.4, 0.5) is 5.95 Å². The SMILES string of the molecule is COc1cccc(-n2ccnc2N2CCN(CC(=O)NC(C)(C)C)CC2)c1. The number of amides is 1. The van der Waals surface area contributed by atoms with E-state index in [-0.39, 0.29) is 11.4 Å². The summed E-state index contributed by atoms with van der Waals surface area (Å²) in [6.07, 6.45) is 3.78. The van der Waals surface area contributed by atoms with Gasteiger partial charge < -0.3 is 15.0 Å². The van der Waals surface area contributed by atoms with E-state index in [9.17, 15) is 4.79 Å². The van der Waals surface area contributed by atoms with E-state index in [1.54, 1.807) is 7.11 Å². The smallest absolute Gasteiger partial charge is 0.234 e. The van der Waals surface area contributed by atoms with Crippen LogP contribution in [-0.4, -0.2) is 65.7 Å². The van der Waals surface area contributed by atoms with Gasteiger partial charge >= 0.3 is 0 Å². The van der Waals surface area contributed by atoms with Gasteiger partial charge in [-0.1, -0.05) is 6.07 Å². The molecule has 1 saturated heterocycles. The van der Waals surface area contributed by atoms with Crippen LogP contribution >= 0.6 is 0 Å². The fourth-order valence-corrected chi connectivity index (χ4v) is 3.26. The third kappa shape index (κ3) is 5.01. The van der Waals surface area contributed by atoms with Crippen molar-refractivity contribution in [2.45, 2.75) is 26.3 Å². The molecule has 0 spiro atoms. The zero-order chi connectivity index (χ0) is 19.4. The Morgan fingerprint density at radius 2 is 1.96 bits per heavy atom. The summed E-state index contributed by atoms with van der Waals surface area (Å²) in [5.74, 6) is 1.82. The molecule has 7 nitrogen and oxygen atoms in total. The van der Waals surface area contributed by atoms with Gasteiger partial charge in [0, 0.05) is 50.2 Å². The van der Waals surface area contributed by atoms with Crippen LogP contribution < -0.4 is 15.0 Å². The Hall–Kier alpha value is -2.54. The first kappa shape index (κ1) is 19.2. The second-order valence-electron chi connectivity index (χ2n) is 7.86. The molecule has 1 aliphatic heterocycles. The molecule has 146 valence electrons. The number of rotatable bonds is 5. The molecule has 0 unspecified atom stereocenters. The van der Waals surface area contributed by atoms with Crippen molar-refractivity contribution in [1.82, 2.24) is 19.8 Å². The van der Waals surface area contributed by atoms with Crippen LogP contribution in [0.3, 0.4) is 0 Å². The van der Waals surface area contributed by atoms with Crippen molar-refractivity contribution in [3.63, 3.8) is 0 Å². The number of hydrogen-bond acceptors (Lipinski definition) is 5. The molecule has 1 fully saturated rings. The minimum absolute atomic E-state index is 0.0776. The lowest BCUT2D eigenvalue weighted by Crippen LogP contribution is -2.52. The van der Waals surface area contributed by atoms with Crippen LogP contribution in [0.2, 0.25) is 0 Å². The Kier molecular flexibility index (Phi) is 5.70. The molecule has 0 bridgehead atoms. The highest BCUT2D eigenvalue weighted by atomic mass is 16.5. The summed E-state index contributed by atoms with van der Waals surface area (Å²) < 4.78 is 7.41. The van der Waals surface area contributed by atoms with Crippen LogP contribution in [0.1, 0.15) is 20.8 Å². The Morgan fingerprint density at radius 3 is 2.63 bits per heavy atom.